The van der Waals surface area contributed by atoms with Gasteiger partial charge in [0.05, 0.1) is 6.54 Å². The number of halogens is 2. The molecule has 7 heteroatoms. The van der Waals surface area contributed by atoms with Gasteiger partial charge in [-0.3, -0.25) is 9.69 Å². The lowest BCUT2D eigenvalue weighted by molar-refractivity contribution is -0.132. The molecule has 21 heavy (non-hydrogen) atoms. The average molecular weight is 312 g/mol. The van der Waals surface area contributed by atoms with E-state index in [-0.39, 0.29) is 18.0 Å². The molecule has 0 bridgehead atoms. The van der Waals surface area contributed by atoms with Crippen molar-refractivity contribution in [2.75, 3.05) is 13.1 Å². The Hall–Kier alpha value is -1.66. The van der Waals surface area contributed by atoms with Crippen LogP contribution in [0.5, 0.6) is 0 Å². The number of rotatable bonds is 2. The maximum absolute atomic E-state index is 13.8. The molecule has 1 aromatic rings. The maximum Gasteiger partial charge on any atom is 0.325 e. The highest BCUT2D eigenvalue weighted by Crippen LogP contribution is 2.27. The van der Waals surface area contributed by atoms with E-state index in [2.05, 4.69) is 10.6 Å². The fraction of sp³-hybridized carbons (Fsp3) is 0.429. The second kappa shape index (κ2) is 5.27. The molecule has 2 saturated heterocycles. The van der Waals surface area contributed by atoms with Gasteiger partial charge in [-0.2, -0.15) is 0 Å². The van der Waals surface area contributed by atoms with Crippen LogP contribution in [0.2, 0.25) is 5.02 Å². The lowest BCUT2D eigenvalue weighted by Crippen LogP contribution is -2.57. The van der Waals surface area contributed by atoms with E-state index in [1.807, 2.05) is 0 Å². The maximum atomic E-state index is 13.8. The van der Waals surface area contributed by atoms with Crippen LogP contribution in [-0.2, 0) is 11.3 Å². The largest absolute Gasteiger partial charge is 0.325 e. The molecule has 2 aliphatic rings. The number of nitrogens with one attached hydrogen (secondary N) is 2. The number of hydrogen-bond donors (Lipinski definition) is 2. The van der Waals surface area contributed by atoms with Crippen LogP contribution in [0, 0.1) is 5.82 Å². The molecule has 3 amide bonds. The molecule has 2 fully saturated rings. The normalized spacial score (nSPS) is 25.5. The van der Waals surface area contributed by atoms with Gasteiger partial charge in [0.25, 0.3) is 5.91 Å². The third kappa shape index (κ3) is 2.49. The first-order valence-corrected chi connectivity index (χ1v) is 7.18. The standard InChI is InChI=1S/C14H15ClFN3O2/c15-10-2-3-11(16)9(6-10)7-19-12(20)14(18-13(19)21)4-1-5-17-8-14/h2-3,6,17H,1,4-5,7-8H2,(H,18,21). The Morgan fingerprint density at radius 1 is 1.38 bits per heavy atom. The molecule has 0 radical (unpaired) electrons. The van der Waals surface area contributed by atoms with Gasteiger partial charge in [0, 0.05) is 17.1 Å². The molecule has 1 spiro atoms. The summed E-state index contributed by atoms with van der Waals surface area (Å²) in [5.74, 6) is -0.790. The summed E-state index contributed by atoms with van der Waals surface area (Å²) in [5.41, 5.74) is -0.656. The Balaban J connectivity index is 1.84. The third-order valence-electron chi connectivity index (χ3n) is 3.97. The van der Waals surface area contributed by atoms with E-state index < -0.39 is 17.4 Å². The highest BCUT2D eigenvalue weighted by Gasteiger charge is 2.51. The van der Waals surface area contributed by atoms with Crippen molar-refractivity contribution in [1.29, 1.82) is 0 Å². The highest BCUT2D eigenvalue weighted by atomic mass is 35.5. The summed E-state index contributed by atoms with van der Waals surface area (Å²) in [7, 11) is 0. The molecule has 2 aliphatic heterocycles. The first-order valence-electron chi connectivity index (χ1n) is 6.81. The molecule has 0 aliphatic carbocycles. The van der Waals surface area contributed by atoms with Crippen LogP contribution in [0.1, 0.15) is 18.4 Å². The zero-order valence-corrected chi connectivity index (χ0v) is 12.0. The van der Waals surface area contributed by atoms with Crippen molar-refractivity contribution in [3.05, 3.63) is 34.6 Å². The number of nitrogens with zero attached hydrogens (tertiary/aromatic N) is 1. The SMILES string of the molecule is O=C1NC2(CCCNC2)C(=O)N1Cc1cc(Cl)ccc1F. The van der Waals surface area contributed by atoms with Gasteiger partial charge in [0.1, 0.15) is 11.4 Å². The smallest absolute Gasteiger partial charge is 0.322 e. The van der Waals surface area contributed by atoms with Crippen LogP contribution in [0.25, 0.3) is 0 Å². The van der Waals surface area contributed by atoms with E-state index >= 15 is 0 Å². The minimum absolute atomic E-state index is 0.112. The monoisotopic (exact) mass is 311 g/mol. The fourth-order valence-electron chi connectivity index (χ4n) is 2.85. The average Bonchev–Trinajstić information content (AvgIpc) is 2.68. The van der Waals surface area contributed by atoms with Gasteiger partial charge in [-0.1, -0.05) is 11.6 Å². The van der Waals surface area contributed by atoms with E-state index in [0.29, 0.717) is 18.0 Å². The molecule has 0 saturated carbocycles. The topological polar surface area (TPSA) is 61.4 Å². The molecule has 5 nitrogen and oxygen atoms in total. The fourth-order valence-corrected chi connectivity index (χ4v) is 3.04. The van der Waals surface area contributed by atoms with Crippen LogP contribution in [0.15, 0.2) is 18.2 Å². The predicted molar refractivity (Wildman–Crippen MR) is 75.3 cm³/mol. The number of amides is 3. The Bertz CT molecular complexity index is 602. The molecule has 1 unspecified atom stereocenters. The Morgan fingerprint density at radius 2 is 2.19 bits per heavy atom. The number of imide groups is 1. The van der Waals surface area contributed by atoms with Crippen LogP contribution < -0.4 is 10.6 Å². The zero-order valence-electron chi connectivity index (χ0n) is 11.3. The van der Waals surface area contributed by atoms with Gasteiger partial charge in [0.15, 0.2) is 0 Å². The van der Waals surface area contributed by atoms with Gasteiger partial charge in [-0.05, 0) is 37.6 Å². The van der Waals surface area contributed by atoms with Crippen molar-refractivity contribution in [3.8, 4) is 0 Å². The lowest BCUT2D eigenvalue weighted by Gasteiger charge is -2.31. The number of piperidine rings is 1. The molecule has 0 aromatic heterocycles. The molecule has 3 rings (SSSR count). The van der Waals surface area contributed by atoms with Gasteiger partial charge >= 0.3 is 6.03 Å². The zero-order chi connectivity index (χ0) is 15.0. The minimum atomic E-state index is -0.885. The lowest BCUT2D eigenvalue weighted by atomic mass is 9.90. The van der Waals surface area contributed by atoms with Gasteiger partial charge in [-0.15, -0.1) is 0 Å². The molecular weight excluding hydrogens is 297 g/mol. The number of hydrogen-bond acceptors (Lipinski definition) is 3. The van der Waals surface area contributed by atoms with Crippen molar-refractivity contribution in [1.82, 2.24) is 15.5 Å². The summed E-state index contributed by atoms with van der Waals surface area (Å²) >= 11 is 5.84. The molecule has 1 atom stereocenters. The van der Waals surface area contributed by atoms with Crippen molar-refractivity contribution in [3.63, 3.8) is 0 Å². The molecule has 2 N–H and O–H groups in total. The second-order valence-corrected chi connectivity index (χ2v) is 5.86. The first kappa shape index (κ1) is 14.3. The minimum Gasteiger partial charge on any atom is -0.322 e. The van der Waals surface area contributed by atoms with E-state index in [9.17, 15) is 14.0 Å². The summed E-state index contributed by atoms with van der Waals surface area (Å²) < 4.78 is 13.8. The van der Waals surface area contributed by atoms with Gasteiger partial charge < -0.3 is 10.6 Å². The number of urea groups is 1. The van der Waals surface area contributed by atoms with Crippen molar-refractivity contribution in [2.45, 2.75) is 24.9 Å². The Labute approximate surface area is 126 Å². The quantitative estimate of drug-likeness (QED) is 0.817. The van der Waals surface area contributed by atoms with Crippen LogP contribution in [0.4, 0.5) is 9.18 Å². The van der Waals surface area contributed by atoms with Gasteiger partial charge in [0.2, 0.25) is 0 Å². The van der Waals surface area contributed by atoms with E-state index in [1.54, 1.807) is 0 Å². The molecule has 1 aromatic carbocycles. The van der Waals surface area contributed by atoms with E-state index in [1.165, 1.54) is 18.2 Å². The molecule has 2 heterocycles. The summed E-state index contributed by atoms with van der Waals surface area (Å²) in [4.78, 5) is 25.7. The van der Waals surface area contributed by atoms with Crippen LogP contribution in [-0.4, -0.2) is 35.5 Å². The van der Waals surface area contributed by atoms with Crippen molar-refractivity contribution >= 4 is 23.5 Å². The first-order chi connectivity index (χ1) is 10.0. The van der Waals surface area contributed by atoms with E-state index in [4.69, 9.17) is 11.6 Å². The Morgan fingerprint density at radius 3 is 2.90 bits per heavy atom. The van der Waals surface area contributed by atoms with Crippen LogP contribution >= 0.6 is 11.6 Å². The second-order valence-electron chi connectivity index (χ2n) is 5.42. The van der Waals surface area contributed by atoms with Crippen LogP contribution in [0.3, 0.4) is 0 Å². The van der Waals surface area contributed by atoms with Crippen molar-refractivity contribution in [2.24, 2.45) is 0 Å². The third-order valence-corrected chi connectivity index (χ3v) is 4.20. The van der Waals surface area contributed by atoms with E-state index in [0.717, 1.165) is 17.9 Å². The molecular formula is C14H15ClFN3O2. The van der Waals surface area contributed by atoms with Gasteiger partial charge in [-0.25, -0.2) is 9.18 Å². The summed E-state index contributed by atoms with van der Waals surface area (Å²) in [6.07, 6.45) is 1.41. The Kier molecular flexibility index (Phi) is 3.59. The summed E-state index contributed by atoms with van der Waals surface area (Å²) in [5, 5.41) is 6.23. The summed E-state index contributed by atoms with van der Waals surface area (Å²) in [6, 6.07) is 3.61. The highest BCUT2D eigenvalue weighted by molar-refractivity contribution is 6.30. The summed E-state index contributed by atoms with van der Waals surface area (Å²) in [6.45, 7) is 1.12. The molecule has 112 valence electrons. The van der Waals surface area contributed by atoms with Crippen molar-refractivity contribution < 1.29 is 14.0 Å². The predicted octanol–water partition coefficient (Wildman–Crippen LogP) is 1.65. The number of benzene rings is 1. The number of carbonyl (C=O) groups excluding carboxylic acids is 2. The number of carbonyl (C=O) groups is 2.